The topological polar surface area (TPSA) is 29.3 Å². The van der Waals surface area contributed by atoms with E-state index in [-0.39, 0.29) is 0 Å². The highest BCUT2D eigenvalue weighted by molar-refractivity contribution is 6.29. The Morgan fingerprint density at radius 2 is 2.50 bits per heavy atom. The van der Waals surface area contributed by atoms with Crippen LogP contribution in [-0.4, -0.2) is 30.5 Å². The van der Waals surface area contributed by atoms with Gasteiger partial charge in [-0.3, -0.25) is 0 Å². The summed E-state index contributed by atoms with van der Waals surface area (Å²) in [6, 6.07) is 2.06. The molecule has 1 aromatic rings. The first-order valence-electron chi connectivity index (χ1n) is 5.26. The molecule has 1 atom stereocenters. The fourth-order valence-electron chi connectivity index (χ4n) is 2.05. The minimum Gasteiger partial charge on any atom is -0.361 e. The van der Waals surface area contributed by atoms with E-state index in [9.17, 15) is 0 Å². The molecule has 2 heterocycles. The standard InChI is InChI=1S/C10H16BN2O/c1-8-6-10(14-12-8)9-4-3-5-13(7-9)11-2/h6,9H,3-5,7H2,1-2H3. The predicted molar refractivity (Wildman–Crippen MR) is 56.4 cm³/mol. The van der Waals surface area contributed by atoms with Crippen molar-refractivity contribution >= 4 is 7.41 Å². The van der Waals surface area contributed by atoms with Crippen molar-refractivity contribution < 1.29 is 4.52 Å². The highest BCUT2D eigenvalue weighted by Gasteiger charge is 2.23. The van der Waals surface area contributed by atoms with Crippen LogP contribution in [0.1, 0.15) is 30.2 Å². The summed E-state index contributed by atoms with van der Waals surface area (Å²) in [5.74, 6) is 1.58. The van der Waals surface area contributed by atoms with Gasteiger partial charge in [0.15, 0.2) is 0 Å². The molecular formula is C10H16BN2O. The van der Waals surface area contributed by atoms with Gasteiger partial charge in [-0.05, 0) is 32.9 Å². The van der Waals surface area contributed by atoms with E-state index >= 15 is 0 Å². The lowest BCUT2D eigenvalue weighted by Crippen LogP contribution is -2.35. The summed E-state index contributed by atoms with van der Waals surface area (Å²) < 4.78 is 5.31. The van der Waals surface area contributed by atoms with Gasteiger partial charge in [-0.1, -0.05) is 12.0 Å². The number of aryl methyl sites for hydroxylation is 1. The molecule has 0 saturated carbocycles. The zero-order valence-electron chi connectivity index (χ0n) is 8.86. The number of nitrogens with zero attached hydrogens (tertiary/aromatic N) is 2. The van der Waals surface area contributed by atoms with Crippen molar-refractivity contribution in [1.82, 2.24) is 9.97 Å². The maximum atomic E-state index is 5.31. The van der Waals surface area contributed by atoms with Crippen molar-refractivity contribution in [3.63, 3.8) is 0 Å². The van der Waals surface area contributed by atoms with E-state index in [4.69, 9.17) is 4.52 Å². The van der Waals surface area contributed by atoms with Gasteiger partial charge >= 0.3 is 0 Å². The van der Waals surface area contributed by atoms with Crippen molar-refractivity contribution in [2.24, 2.45) is 0 Å². The van der Waals surface area contributed by atoms with Gasteiger partial charge < -0.3 is 9.33 Å². The molecule has 1 radical (unpaired) electrons. The molecule has 2 rings (SSSR count). The average Bonchev–Trinajstić information content (AvgIpc) is 2.65. The smallest absolute Gasteiger partial charge is 0.205 e. The Morgan fingerprint density at radius 3 is 3.14 bits per heavy atom. The summed E-state index contributed by atoms with van der Waals surface area (Å²) in [5, 5.41) is 3.94. The van der Waals surface area contributed by atoms with Crippen molar-refractivity contribution in [3.8, 4) is 0 Å². The lowest BCUT2D eigenvalue weighted by atomic mass is 9.87. The molecular weight excluding hydrogens is 175 g/mol. The SMILES string of the molecule is C[B]N1CCCC(c2cc(C)no2)C1. The normalized spacial score (nSPS) is 23.7. The number of hydrogen-bond acceptors (Lipinski definition) is 3. The Bertz CT molecular complexity index is 300. The summed E-state index contributed by atoms with van der Waals surface area (Å²) in [7, 11) is 2.16. The molecule has 0 bridgehead atoms. The first-order chi connectivity index (χ1) is 6.79. The second-order valence-corrected chi connectivity index (χ2v) is 3.96. The molecule has 1 aliphatic heterocycles. The quantitative estimate of drug-likeness (QED) is 0.667. The molecule has 1 fully saturated rings. The first kappa shape index (κ1) is 9.78. The van der Waals surface area contributed by atoms with Crippen LogP contribution >= 0.6 is 0 Å². The Labute approximate surface area is 85.7 Å². The number of rotatable bonds is 2. The maximum Gasteiger partial charge on any atom is 0.205 e. The Hall–Kier alpha value is -0.765. The first-order valence-corrected chi connectivity index (χ1v) is 5.26. The average molecular weight is 191 g/mol. The van der Waals surface area contributed by atoms with Gasteiger partial charge in [0.05, 0.1) is 5.69 Å². The highest BCUT2D eigenvalue weighted by Crippen LogP contribution is 2.26. The molecule has 75 valence electrons. The van der Waals surface area contributed by atoms with E-state index in [2.05, 4.69) is 30.3 Å². The van der Waals surface area contributed by atoms with Crippen LogP contribution in [0.2, 0.25) is 6.82 Å². The largest absolute Gasteiger partial charge is 0.361 e. The zero-order valence-corrected chi connectivity index (χ0v) is 8.86. The number of hydrogen-bond donors (Lipinski definition) is 0. The van der Waals surface area contributed by atoms with Crippen molar-refractivity contribution in [1.29, 1.82) is 0 Å². The summed E-state index contributed by atoms with van der Waals surface area (Å²) in [5.41, 5.74) is 0.984. The predicted octanol–water partition coefficient (Wildman–Crippen LogP) is 1.83. The third-order valence-corrected chi connectivity index (χ3v) is 2.87. The van der Waals surface area contributed by atoms with Crippen LogP contribution in [0.4, 0.5) is 0 Å². The lowest BCUT2D eigenvalue weighted by molar-refractivity contribution is 0.274. The van der Waals surface area contributed by atoms with Gasteiger partial charge in [-0.25, -0.2) is 0 Å². The van der Waals surface area contributed by atoms with E-state index in [0.717, 1.165) is 18.0 Å². The van der Waals surface area contributed by atoms with Crippen LogP contribution in [0.25, 0.3) is 0 Å². The summed E-state index contributed by atoms with van der Waals surface area (Å²) in [4.78, 5) is 2.35. The third kappa shape index (κ3) is 2.00. The van der Waals surface area contributed by atoms with Gasteiger partial charge in [0.2, 0.25) is 7.41 Å². The van der Waals surface area contributed by atoms with E-state index in [0.29, 0.717) is 5.92 Å². The molecule has 4 heteroatoms. The number of piperidine rings is 1. The monoisotopic (exact) mass is 191 g/mol. The third-order valence-electron chi connectivity index (χ3n) is 2.87. The van der Waals surface area contributed by atoms with Crippen molar-refractivity contribution in [2.75, 3.05) is 13.1 Å². The molecule has 0 aliphatic carbocycles. The number of aromatic nitrogens is 1. The highest BCUT2D eigenvalue weighted by atomic mass is 16.5. The van der Waals surface area contributed by atoms with Gasteiger partial charge in [0, 0.05) is 12.0 Å². The van der Waals surface area contributed by atoms with E-state index in [1.807, 2.05) is 6.92 Å². The molecule has 14 heavy (non-hydrogen) atoms. The molecule has 0 amide bonds. The van der Waals surface area contributed by atoms with E-state index in [1.165, 1.54) is 19.4 Å². The molecule has 0 spiro atoms. The Balaban J connectivity index is 2.04. The summed E-state index contributed by atoms with van der Waals surface area (Å²) in [6.07, 6.45) is 2.47. The summed E-state index contributed by atoms with van der Waals surface area (Å²) in [6.45, 7) is 6.32. The molecule has 1 aliphatic rings. The minimum absolute atomic E-state index is 0.529. The van der Waals surface area contributed by atoms with E-state index in [1.54, 1.807) is 0 Å². The summed E-state index contributed by atoms with van der Waals surface area (Å²) >= 11 is 0. The van der Waals surface area contributed by atoms with Gasteiger partial charge in [-0.15, -0.1) is 0 Å². The Morgan fingerprint density at radius 1 is 1.64 bits per heavy atom. The molecule has 1 unspecified atom stereocenters. The Kier molecular flexibility index (Phi) is 2.92. The zero-order chi connectivity index (χ0) is 9.97. The maximum absolute atomic E-state index is 5.31. The van der Waals surface area contributed by atoms with Gasteiger partial charge in [0.25, 0.3) is 0 Å². The van der Waals surface area contributed by atoms with Crippen LogP contribution in [0.5, 0.6) is 0 Å². The van der Waals surface area contributed by atoms with Crippen LogP contribution in [0.15, 0.2) is 10.6 Å². The van der Waals surface area contributed by atoms with Crippen molar-refractivity contribution in [2.45, 2.75) is 32.5 Å². The molecule has 3 nitrogen and oxygen atoms in total. The fraction of sp³-hybridized carbons (Fsp3) is 0.700. The molecule has 1 aromatic heterocycles. The molecule has 1 saturated heterocycles. The van der Waals surface area contributed by atoms with Crippen LogP contribution < -0.4 is 0 Å². The second kappa shape index (κ2) is 4.17. The fourth-order valence-corrected chi connectivity index (χ4v) is 2.05. The lowest BCUT2D eigenvalue weighted by Gasteiger charge is -2.30. The molecule has 0 N–H and O–H groups in total. The van der Waals surface area contributed by atoms with Crippen LogP contribution in [0.3, 0.4) is 0 Å². The van der Waals surface area contributed by atoms with Gasteiger partial charge in [-0.2, -0.15) is 0 Å². The second-order valence-electron chi connectivity index (χ2n) is 3.96. The van der Waals surface area contributed by atoms with Gasteiger partial charge in [0.1, 0.15) is 5.76 Å². The molecule has 0 aromatic carbocycles. The van der Waals surface area contributed by atoms with Crippen LogP contribution in [0, 0.1) is 6.92 Å². The van der Waals surface area contributed by atoms with Crippen LogP contribution in [-0.2, 0) is 0 Å². The minimum atomic E-state index is 0.529. The van der Waals surface area contributed by atoms with Crippen molar-refractivity contribution in [3.05, 3.63) is 17.5 Å². The van der Waals surface area contributed by atoms with E-state index < -0.39 is 0 Å².